The van der Waals surface area contributed by atoms with Crippen LogP contribution in [-0.4, -0.2) is 35.0 Å². The zero-order valence-corrected chi connectivity index (χ0v) is 19.0. The number of aryl methyl sites for hydroxylation is 2. The van der Waals surface area contributed by atoms with Gasteiger partial charge in [0.05, 0.1) is 5.52 Å². The maximum atomic E-state index is 13.8. The molecule has 1 saturated heterocycles. The van der Waals surface area contributed by atoms with Crippen molar-refractivity contribution >= 4 is 16.8 Å². The van der Waals surface area contributed by atoms with E-state index in [1.165, 1.54) is 19.3 Å². The molecule has 2 aromatic carbocycles. The maximum Gasteiger partial charge on any atom is 0.263 e. The van der Waals surface area contributed by atoms with Gasteiger partial charge in [0, 0.05) is 30.7 Å². The second-order valence-electron chi connectivity index (χ2n) is 9.58. The van der Waals surface area contributed by atoms with Gasteiger partial charge in [-0.15, -0.1) is 0 Å². The van der Waals surface area contributed by atoms with Crippen molar-refractivity contribution in [2.24, 2.45) is 5.41 Å². The van der Waals surface area contributed by atoms with Gasteiger partial charge in [0.15, 0.2) is 6.10 Å². The topological polar surface area (TPSA) is 42.4 Å². The third kappa shape index (κ3) is 3.85. The molecular weight excluding hydrogens is 403 g/mol. The van der Waals surface area contributed by atoms with Gasteiger partial charge in [-0.25, -0.2) is 4.39 Å². The van der Waals surface area contributed by atoms with Crippen molar-refractivity contribution in [1.82, 2.24) is 9.88 Å². The molecule has 4 nitrogen and oxygen atoms in total. The van der Waals surface area contributed by atoms with Crippen molar-refractivity contribution in [2.45, 2.75) is 52.6 Å². The lowest BCUT2D eigenvalue weighted by Gasteiger charge is -2.34. The number of ether oxygens (including phenoxy) is 1. The molecule has 5 heteroatoms. The maximum absolute atomic E-state index is 13.8. The van der Waals surface area contributed by atoms with E-state index in [1.54, 1.807) is 18.3 Å². The van der Waals surface area contributed by atoms with Crippen molar-refractivity contribution in [3.05, 3.63) is 59.5 Å². The third-order valence-corrected chi connectivity index (χ3v) is 7.07. The van der Waals surface area contributed by atoms with Gasteiger partial charge in [0.1, 0.15) is 11.6 Å². The number of hydrogen-bond donors (Lipinski definition) is 0. The minimum atomic E-state index is -0.536. The van der Waals surface area contributed by atoms with E-state index in [0.29, 0.717) is 11.2 Å². The van der Waals surface area contributed by atoms with Gasteiger partial charge >= 0.3 is 0 Å². The highest BCUT2D eigenvalue weighted by Gasteiger charge is 2.46. The monoisotopic (exact) mass is 432 g/mol. The third-order valence-electron chi connectivity index (χ3n) is 7.07. The Morgan fingerprint density at radius 1 is 1.12 bits per heavy atom. The molecule has 2 fully saturated rings. The number of benzene rings is 2. The summed E-state index contributed by atoms with van der Waals surface area (Å²) in [6, 6.07) is 10.8. The molecule has 5 rings (SSSR count). The molecular formula is C27H29FN2O2. The summed E-state index contributed by atoms with van der Waals surface area (Å²) in [6.45, 7) is 7.38. The number of nitrogens with zero attached hydrogens (tertiary/aromatic N) is 2. The molecule has 1 aliphatic carbocycles. The van der Waals surface area contributed by atoms with Crippen LogP contribution in [0.15, 0.2) is 42.6 Å². The number of pyridine rings is 1. The largest absolute Gasteiger partial charge is 0.481 e. The van der Waals surface area contributed by atoms with E-state index < -0.39 is 6.10 Å². The predicted molar refractivity (Wildman–Crippen MR) is 124 cm³/mol. The minimum absolute atomic E-state index is 0.0651. The molecule has 1 amide bonds. The number of fused-ring (bicyclic) bond motifs is 1. The van der Waals surface area contributed by atoms with E-state index in [2.05, 4.69) is 4.98 Å². The first-order chi connectivity index (χ1) is 15.3. The van der Waals surface area contributed by atoms with Crippen LogP contribution in [0.4, 0.5) is 4.39 Å². The van der Waals surface area contributed by atoms with Gasteiger partial charge in [0.25, 0.3) is 5.91 Å². The zero-order valence-electron chi connectivity index (χ0n) is 19.0. The predicted octanol–water partition coefficient (Wildman–Crippen LogP) is 5.83. The van der Waals surface area contributed by atoms with E-state index in [-0.39, 0.29) is 11.7 Å². The van der Waals surface area contributed by atoms with Crippen molar-refractivity contribution in [1.29, 1.82) is 0 Å². The summed E-state index contributed by atoms with van der Waals surface area (Å²) in [7, 11) is 0. The molecule has 166 valence electrons. The molecule has 0 N–H and O–H groups in total. The highest BCUT2D eigenvalue weighted by atomic mass is 19.1. The number of rotatable bonds is 4. The Labute approximate surface area is 188 Å². The van der Waals surface area contributed by atoms with E-state index in [1.807, 2.05) is 49.9 Å². The lowest BCUT2D eigenvalue weighted by molar-refractivity contribution is -0.140. The van der Waals surface area contributed by atoms with Crippen LogP contribution in [0.25, 0.3) is 22.0 Å². The van der Waals surface area contributed by atoms with Crippen molar-refractivity contribution < 1.29 is 13.9 Å². The first kappa shape index (κ1) is 20.9. The van der Waals surface area contributed by atoms with Gasteiger partial charge in [-0.05, 0) is 104 Å². The van der Waals surface area contributed by atoms with Crippen LogP contribution in [0.3, 0.4) is 0 Å². The van der Waals surface area contributed by atoms with E-state index in [4.69, 9.17) is 4.74 Å². The Hall–Kier alpha value is -2.95. The van der Waals surface area contributed by atoms with Gasteiger partial charge in [-0.3, -0.25) is 9.78 Å². The summed E-state index contributed by atoms with van der Waals surface area (Å²) in [6.07, 6.45) is 6.06. The van der Waals surface area contributed by atoms with Crippen LogP contribution >= 0.6 is 0 Å². The summed E-state index contributed by atoms with van der Waals surface area (Å²) < 4.78 is 19.9. The fourth-order valence-electron chi connectivity index (χ4n) is 5.25. The molecule has 32 heavy (non-hydrogen) atoms. The number of carbonyl (C=O) groups is 1. The molecule has 0 bridgehead atoms. The highest BCUT2D eigenvalue weighted by Crippen LogP contribution is 2.52. The molecule has 0 radical (unpaired) electrons. The number of aromatic nitrogens is 1. The second kappa shape index (κ2) is 7.88. The Morgan fingerprint density at radius 3 is 2.59 bits per heavy atom. The van der Waals surface area contributed by atoms with Crippen molar-refractivity contribution in [2.75, 3.05) is 13.1 Å². The summed E-state index contributed by atoms with van der Waals surface area (Å²) >= 11 is 0. The number of likely N-dealkylation sites (tertiary alicyclic amines) is 1. The lowest BCUT2D eigenvalue weighted by atomic mass is 9.93. The summed E-state index contributed by atoms with van der Waals surface area (Å²) in [4.78, 5) is 19.5. The molecule has 1 spiro atoms. The molecule has 1 atom stereocenters. The Kier molecular flexibility index (Phi) is 5.15. The number of carbonyl (C=O) groups excluding carboxylic acids is 1. The Bertz CT molecular complexity index is 1180. The molecule has 1 saturated carbocycles. The summed E-state index contributed by atoms with van der Waals surface area (Å²) in [5.74, 6) is 0.474. The van der Waals surface area contributed by atoms with Gasteiger partial charge in [-0.2, -0.15) is 0 Å². The van der Waals surface area contributed by atoms with Crippen LogP contribution < -0.4 is 4.74 Å². The van der Waals surface area contributed by atoms with Crippen LogP contribution in [0.5, 0.6) is 5.75 Å². The van der Waals surface area contributed by atoms with Crippen LogP contribution in [-0.2, 0) is 4.79 Å². The molecule has 2 heterocycles. The van der Waals surface area contributed by atoms with Crippen LogP contribution in [0.1, 0.15) is 43.7 Å². The molecule has 2 aliphatic rings. The lowest BCUT2D eigenvalue weighted by Crippen LogP contribution is -2.46. The minimum Gasteiger partial charge on any atom is -0.481 e. The van der Waals surface area contributed by atoms with Gasteiger partial charge < -0.3 is 9.64 Å². The average Bonchev–Trinajstić information content (AvgIpc) is 3.50. The second-order valence-corrected chi connectivity index (χ2v) is 9.58. The SMILES string of the molecule is Cc1cc(F)cc(C)c1-c1ccnc2cc(O[C@H](C)C(=O)N3CCCC4(CC4)C3)ccc12. The summed E-state index contributed by atoms with van der Waals surface area (Å²) in [5, 5.41) is 0.975. The molecule has 0 unspecified atom stereocenters. The number of piperidine rings is 1. The van der Waals surface area contributed by atoms with Crippen LogP contribution in [0.2, 0.25) is 0 Å². The first-order valence-electron chi connectivity index (χ1n) is 11.5. The fraction of sp³-hybridized carbons (Fsp3) is 0.407. The smallest absolute Gasteiger partial charge is 0.263 e. The fourth-order valence-corrected chi connectivity index (χ4v) is 5.25. The zero-order chi connectivity index (χ0) is 22.5. The number of amides is 1. The van der Waals surface area contributed by atoms with E-state index in [0.717, 1.165) is 52.7 Å². The number of halogens is 1. The summed E-state index contributed by atoms with van der Waals surface area (Å²) in [5.41, 5.74) is 5.01. The van der Waals surface area contributed by atoms with E-state index >= 15 is 0 Å². The van der Waals surface area contributed by atoms with Crippen molar-refractivity contribution in [3.8, 4) is 16.9 Å². The van der Waals surface area contributed by atoms with Gasteiger partial charge in [0.2, 0.25) is 0 Å². The standard InChI is InChI=1S/C27H29FN2O2/c1-17-13-20(28)14-18(2)25(17)23-7-11-29-24-15-21(5-6-22(23)24)32-19(3)26(31)30-12-4-8-27(16-30)9-10-27/h5-7,11,13-15,19H,4,8-10,12,16H2,1-3H3/t19-/m1/s1. The quantitative estimate of drug-likeness (QED) is 0.521. The van der Waals surface area contributed by atoms with Crippen LogP contribution in [0, 0.1) is 25.1 Å². The normalized spacial score (nSPS) is 18.1. The Balaban J connectivity index is 1.39. The van der Waals surface area contributed by atoms with E-state index in [9.17, 15) is 9.18 Å². The van der Waals surface area contributed by atoms with Crippen molar-refractivity contribution in [3.63, 3.8) is 0 Å². The Morgan fingerprint density at radius 2 is 1.88 bits per heavy atom. The molecule has 1 aliphatic heterocycles. The highest BCUT2D eigenvalue weighted by molar-refractivity contribution is 5.96. The van der Waals surface area contributed by atoms with Gasteiger partial charge in [-0.1, -0.05) is 0 Å². The average molecular weight is 433 g/mol. The first-order valence-corrected chi connectivity index (χ1v) is 11.5. The molecule has 3 aromatic rings. The number of hydrogen-bond acceptors (Lipinski definition) is 3. The molecule has 1 aromatic heterocycles.